The SMILES string of the molecule is O=C1CCCC(=O)N1c1ccc(S(=O)(=O)N2CCN(c3ccccn3)CC2)cc1. The van der Waals surface area contributed by atoms with Crippen molar-refractivity contribution < 1.29 is 18.0 Å². The third kappa shape index (κ3) is 3.88. The second-order valence-corrected chi connectivity index (χ2v) is 8.99. The average molecular weight is 414 g/mol. The number of rotatable bonds is 4. The lowest BCUT2D eigenvalue weighted by Gasteiger charge is -2.34. The summed E-state index contributed by atoms with van der Waals surface area (Å²) in [6.07, 6.45) is 2.93. The largest absolute Gasteiger partial charge is 0.354 e. The number of aromatic nitrogens is 1. The van der Waals surface area contributed by atoms with Crippen LogP contribution in [0.25, 0.3) is 0 Å². The maximum absolute atomic E-state index is 13.0. The molecule has 9 heteroatoms. The molecule has 2 fully saturated rings. The number of benzene rings is 1. The van der Waals surface area contributed by atoms with Gasteiger partial charge < -0.3 is 4.90 Å². The molecule has 0 atom stereocenters. The Morgan fingerprint density at radius 1 is 0.828 bits per heavy atom. The van der Waals surface area contributed by atoms with E-state index in [4.69, 9.17) is 0 Å². The predicted molar refractivity (Wildman–Crippen MR) is 108 cm³/mol. The third-order valence-electron chi connectivity index (χ3n) is 5.22. The van der Waals surface area contributed by atoms with Gasteiger partial charge in [-0.05, 0) is 42.8 Å². The van der Waals surface area contributed by atoms with Crippen LogP contribution in [0.15, 0.2) is 53.6 Å². The number of hydrogen-bond donors (Lipinski definition) is 0. The van der Waals surface area contributed by atoms with Gasteiger partial charge in [0, 0.05) is 45.2 Å². The number of nitrogens with zero attached hydrogens (tertiary/aromatic N) is 4. The number of anilines is 2. The first-order valence-corrected chi connectivity index (χ1v) is 11.0. The molecule has 29 heavy (non-hydrogen) atoms. The van der Waals surface area contributed by atoms with E-state index in [0.29, 0.717) is 51.1 Å². The van der Waals surface area contributed by atoms with E-state index in [0.717, 1.165) is 10.7 Å². The molecule has 0 radical (unpaired) electrons. The molecule has 0 aliphatic carbocycles. The minimum atomic E-state index is -3.64. The highest BCUT2D eigenvalue weighted by molar-refractivity contribution is 7.89. The van der Waals surface area contributed by atoms with Gasteiger partial charge in [-0.3, -0.25) is 14.5 Å². The molecule has 8 nitrogen and oxygen atoms in total. The van der Waals surface area contributed by atoms with Crippen LogP contribution >= 0.6 is 0 Å². The zero-order chi connectivity index (χ0) is 20.4. The summed E-state index contributed by atoms with van der Waals surface area (Å²) < 4.78 is 27.4. The Labute approximate surface area is 169 Å². The van der Waals surface area contributed by atoms with E-state index in [1.54, 1.807) is 6.20 Å². The van der Waals surface area contributed by atoms with Crippen LogP contribution in [0.3, 0.4) is 0 Å². The minimum absolute atomic E-state index is 0.157. The van der Waals surface area contributed by atoms with Crippen LogP contribution in [0.1, 0.15) is 19.3 Å². The van der Waals surface area contributed by atoms with Crippen LogP contribution < -0.4 is 9.80 Å². The lowest BCUT2D eigenvalue weighted by atomic mass is 10.1. The highest BCUT2D eigenvalue weighted by Crippen LogP contribution is 2.25. The van der Waals surface area contributed by atoms with Crippen LogP contribution in [0.2, 0.25) is 0 Å². The molecule has 0 unspecified atom stereocenters. The summed E-state index contributed by atoms with van der Waals surface area (Å²) in [5, 5.41) is 0. The van der Waals surface area contributed by atoms with Crippen molar-refractivity contribution in [3.05, 3.63) is 48.7 Å². The number of imide groups is 1. The lowest BCUT2D eigenvalue weighted by Crippen LogP contribution is -2.48. The Bertz CT molecular complexity index is 985. The molecule has 0 saturated carbocycles. The van der Waals surface area contributed by atoms with E-state index in [9.17, 15) is 18.0 Å². The number of hydrogen-bond acceptors (Lipinski definition) is 6. The molecule has 1 aromatic carbocycles. The van der Waals surface area contributed by atoms with Gasteiger partial charge >= 0.3 is 0 Å². The number of sulfonamides is 1. The van der Waals surface area contributed by atoms with Crippen molar-refractivity contribution in [2.24, 2.45) is 0 Å². The van der Waals surface area contributed by atoms with Crippen molar-refractivity contribution in [3.63, 3.8) is 0 Å². The fourth-order valence-electron chi connectivity index (χ4n) is 3.66. The van der Waals surface area contributed by atoms with E-state index in [1.807, 2.05) is 18.2 Å². The molecule has 3 heterocycles. The monoisotopic (exact) mass is 414 g/mol. The maximum atomic E-state index is 13.0. The maximum Gasteiger partial charge on any atom is 0.243 e. The molecular formula is C20H22N4O4S. The predicted octanol–water partition coefficient (Wildman–Crippen LogP) is 1.64. The van der Waals surface area contributed by atoms with Gasteiger partial charge in [-0.1, -0.05) is 6.07 Å². The first-order valence-electron chi connectivity index (χ1n) is 9.59. The fourth-order valence-corrected chi connectivity index (χ4v) is 5.08. The number of amides is 2. The first-order chi connectivity index (χ1) is 14.0. The van der Waals surface area contributed by atoms with Gasteiger partial charge in [0.15, 0.2) is 0 Å². The molecule has 2 aliphatic heterocycles. The fraction of sp³-hybridized carbons (Fsp3) is 0.350. The van der Waals surface area contributed by atoms with Crippen molar-refractivity contribution in [3.8, 4) is 0 Å². The van der Waals surface area contributed by atoms with Crippen LogP contribution in [0, 0.1) is 0 Å². The molecule has 0 spiro atoms. The van der Waals surface area contributed by atoms with Gasteiger partial charge in [0.2, 0.25) is 21.8 Å². The van der Waals surface area contributed by atoms with Crippen molar-refractivity contribution in [2.75, 3.05) is 36.0 Å². The van der Waals surface area contributed by atoms with E-state index >= 15 is 0 Å². The van der Waals surface area contributed by atoms with Crippen molar-refractivity contribution >= 4 is 33.3 Å². The standard InChI is InChI=1S/C20H22N4O4S/c25-19-5-3-6-20(26)24(19)16-7-9-17(10-8-16)29(27,28)23-14-12-22(13-15-23)18-4-1-2-11-21-18/h1-2,4,7-11H,3,5-6,12-15H2. The Balaban J connectivity index is 1.47. The van der Waals surface area contributed by atoms with Crippen LogP contribution in [-0.2, 0) is 19.6 Å². The summed E-state index contributed by atoms with van der Waals surface area (Å²) >= 11 is 0. The average Bonchev–Trinajstić information content (AvgIpc) is 2.75. The second kappa shape index (κ2) is 7.92. The van der Waals surface area contributed by atoms with E-state index in [2.05, 4.69) is 9.88 Å². The molecule has 2 saturated heterocycles. The van der Waals surface area contributed by atoms with Crippen LogP contribution in [-0.4, -0.2) is 55.7 Å². The summed E-state index contributed by atoms with van der Waals surface area (Å²) in [5.41, 5.74) is 0.415. The van der Waals surface area contributed by atoms with Gasteiger partial charge in [-0.25, -0.2) is 13.4 Å². The number of piperidine rings is 1. The number of carbonyl (C=O) groups is 2. The summed E-state index contributed by atoms with van der Waals surface area (Å²) in [7, 11) is -3.64. The number of pyridine rings is 1. The highest BCUT2D eigenvalue weighted by Gasteiger charge is 2.30. The zero-order valence-corrected chi connectivity index (χ0v) is 16.7. The molecule has 4 rings (SSSR count). The minimum Gasteiger partial charge on any atom is -0.354 e. The second-order valence-electron chi connectivity index (χ2n) is 7.05. The van der Waals surface area contributed by atoms with Crippen molar-refractivity contribution in [2.45, 2.75) is 24.2 Å². The Morgan fingerprint density at radius 2 is 1.48 bits per heavy atom. The number of piperazine rings is 1. The summed E-state index contributed by atoms with van der Waals surface area (Å²) in [4.78, 5) is 31.8. The molecule has 152 valence electrons. The highest BCUT2D eigenvalue weighted by atomic mass is 32.2. The van der Waals surface area contributed by atoms with E-state index in [-0.39, 0.29) is 16.7 Å². The topological polar surface area (TPSA) is 90.9 Å². The molecule has 0 N–H and O–H groups in total. The van der Waals surface area contributed by atoms with Crippen LogP contribution in [0.5, 0.6) is 0 Å². The van der Waals surface area contributed by atoms with Crippen molar-refractivity contribution in [1.29, 1.82) is 0 Å². The van der Waals surface area contributed by atoms with Gasteiger partial charge in [0.1, 0.15) is 5.82 Å². The van der Waals surface area contributed by atoms with E-state index < -0.39 is 10.0 Å². The molecule has 2 amide bonds. The quantitative estimate of drug-likeness (QED) is 0.707. The molecule has 0 bridgehead atoms. The van der Waals surface area contributed by atoms with Gasteiger partial charge in [-0.2, -0.15) is 4.31 Å². The van der Waals surface area contributed by atoms with Gasteiger partial charge in [0.25, 0.3) is 0 Å². The molecule has 2 aromatic rings. The molecular weight excluding hydrogens is 392 g/mol. The van der Waals surface area contributed by atoms with E-state index in [1.165, 1.54) is 28.6 Å². The third-order valence-corrected chi connectivity index (χ3v) is 7.14. The Morgan fingerprint density at radius 3 is 2.07 bits per heavy atom. The zero-order valence-electron chi connectivity index (χ0n) is 15.9. The Kier molecular flexibility index (Phi) is 5.33. The van der Waals surface area contributed by atoms with Crippen molar-refractivity contribution in [1.82, 2.24) is 9.29 Å². The summed E-state index contributed by atoms with van der Waals surface area (Å²) in [6.45, 7) is 1.85. The first kappa shape index (κ1) is 19.5. The van der Waals surface area contributed by atoms with Crippen LogP contribution in [0.4, 0.5) is 11.5 Å². The summed E-state index contributed by atoms with van der Waals surface area (Å²) in [5.74, 6) is 0.342. The normalized spacial score (nSPS) is 18.9. The van der Waals surface area contributed by atoms with Gasteiger partial charge in [-0.15, -0.1) is 0 Å². The molecule has 2 aliphatic rings. The Hall–Kier alpha value is -2.78. The lowest BCUT2D eigenvalue weighted by molar-refractivity contribution is -0.129. The smallest absolute Gasteiger partial charge is 0.243 e. The molecule has 1 aromatic heterocycles. The van der Waals surface area contributed by atoms with Gasteiger partial charge in [0.05, 0.1) is 10.6 Å². The number of carbonyl (C=O) groups excluding carboxylic acids is 2. The summed E-state index contributed by atoms with van der Waals surface area (Å²) in [6, 6.07) is 11.6.